The SMILES string of the molecule is S=C(Cc1ccccc1)N1CCN(c2ccccc2Cl)CC1. The van der Waals surface area contributed by atoms with E-state index in [9.17, 15) is 0 Å². The van der Waals surface area contributed by atoms with Crippen molar-refractivity contribution < 1.29 is 0 Å². The molecule has 0 bridgehead atoms. The summed E-state index contributed by atoms with van der Waals surface area (Å²) in [6, 6.07) is 18.5. The Morgan fingerprint density at radius 1 is 0.909 bits per heavy atom. The van der Waals surface area contributed by atoms with E-state index in [0.29, 0.717) is 0 Å². The van der Waals surface area contributed by atoms with E-state index in [0.717, 1.165) is 48.3 Å². The molecular weight excluding hydrogens is 312 g/mol. The normalized spacial score (nSPS) is 15.0. The van der Waals surface area contributed by atoms with Crippen molar-refractivity contribution >= 4 is 34.5 Å². The van der Waals surface area contributed by atoms with E-state index in [2.05, 4.69) is 40.1 Å². The minimum Gasteiger partial charge on any atom is -0.367 e. The van der Waals surface area contributed by atoms with Crippen molar-refractivity contribution in [2.75, 3.05) is 31.1 Å². The molecule has 1 saturated heterocycles. The van der Waals surface area contributed by atoms with Gasteiger partial charge in [0, 0.05) is 32.6 Å². The number of para-hydroxylation sites is 1. The molecule has 114 valence electrons. The maximum atomic E-state index is 6.28. The minimum atomic E-state index is 0.822. The lowest BCUT2D eigenvalue weighted by molar-refractivity contribution is 0.387. The Morgan fingerprint density at radius 3 is 2.23 bits per heavy atom. The van der Waals surface area contributed by atoms with Gasteiger partial charge in [0.15, 0.2) is 0 Å². The monoisotopic (exact) mass is 330 g/mol. The second kappa shape index (κ2) is 7.12. The fourth-order valence-corrected chi connectivity index (χ4v) is 3.39. The highest BCUT2D eigenvalue weighted by Gasteiger charge is 2.20. The van der Waals surface area contributed by atoms with Crippen LogP contribution in [0.15, 0.2) is 54.6 Å². The van der Waals surface area contributed by atoms with Gasteiger partial charge in [-0.2, -0.15) is 0 Å². The van der Waals surface area contributed by atoms with Crippen LogP contribution in [0.3, 0.4) is 0 Å². The molecule has 1 aliphatic heterocycles. The summed E-state index contributed by atoms with van der Waals surface area (Å²) in [7, 11) is 0. The third-order valence-electron chi connectivity index (χ3n) is 4.02. The second-order valence-electron chi connectivity index (χ2n) is 5.48. The van der Waals surface area contributed by atoms with Crippen LogP contribution in [0.2, 0.25) is 5.02 Å². The van der Waals surface area contributed by atoms with Gasteiger partial charge in [-0.3, -0.25) is 0 Å². The maximum absolute atomic E-state index is 6.28. The first kappa shape index (κ1) is 15.3. The Morgan fingerprint density at radius 2 is 1.55 bits per heavy atom. The number of hydrogen-bond donors (Lipinski definition) is 0. The summed E-state index contributed by atoms with van der Waals surface area (Å²) >= 11 is 11.9. The van der Waals surface area contributed by atoms with E-state index in [4.69, 9.17) is 23.8 Å². The van der Waals surface area contributed by atoms with Crippen molar-refractivity contribution in [2.24, 2.45) is 0 Å². The highest BCUT2D eigenvalue weighted by atomic mass is 35.5. The topological polar surface area (TPSA) is 6.48 Å². The van der Waals surface area contributed by atoms with Crippen LogP contribution in [-0.4, -0.2) is 36.1 Å². The van der Waals surface area contributed by atoms with Crippen LogP contribution in [-0.2, 0) is 6.42 Å². The molecule has 1 fully saturated rings. The molecule has 22 heavy (non-hydrogen) atoms. The summed E-state index contributed by atoms with van der Waals surface area (Å²) in [6.07, 6.45) is 0.849. The predicted molar refractivity (Wildman–Crippen MR) is 98.0 cm³/mol. The molecule has 0 aromatic heterocycles. The Labute approximate surface area is 142 Å². The lowest BCUT2D eigenvalue weighted by Gasteiger charge is -2.37. The van der Waals surface area contributed by atoms with Gasteiger partial charge in [-0.25, -0.2) is 0 Å². The lowest BCUT2D eigenvalue weighted by atomic mass is 10.1. The third-order valence-corrected chi connectivity index (χ3v) is 4.75. The Bertz CT molecular complexity index is 637. The van der Waals surface area contributed by atoms with Crippen LogP contribution in [0.1, 0.15) is 5.56 Å². The molecule has 4 heteroatoms. The molecule has 2 aromatic rings. The molecule has 0 spiro atoms. The molecule has 0 radical (unpaired) electrons. The van der Waals surface area contributed by atoms with E-state index in [1.54, 1.807) is 0 Å². The van der Waals surface area contributed by atoms with Gasteiger partial charge in [-0.15, -0.1) is 0 Å². The highest BCUT2D eigenvalue weighted by Crippen LogP contribution is 2.26. The van der Waals surface area contributed by atoms with Gasteiger partial charge < -0.3 is 9.80 Å². The molecular formula is C18H19ClN2S. The van der Waals surface area contributed by atoms with Gasteiger partial charge in [-0.1, -0.05) is 66.3 Å². The minimum absolute atomic E-state index is 0.822. The van der Waals surface area contributed by atoms with Crippen LogP contribution in [0, 0.1) is 0 Å². The van der Waals surface area contributed by atoms with Gasteiger partial charge in [0.1, 0.15) is 0 Å². The number of rotatable bonds is 3. The summed E-state index contributed by atoms with van der Waals surface area (Å²) in [6.45, 7) is 3.82. The van der Waals surface area contributed by atoms with Crippen molar-refractivity contribution in [1.82, 2.24) is 4.90 Å². The molecule has 0 unspecified atom stereocenters. The Hall–Kier alpha value is -1.58. The van der Waals surface area contributed by atoms with Crippen molar-refractivity contribution in [1.29, 1.82) is 0 Å². The van der Waals surface area contributed by atoms with Crippen LogP contribution >= 0.6 is 23.8 Å². The van der Waals surface area contributed by atoms with Gasteiger partial charge in [-0.05, 0) is 17.7 Å². The molecule has 1 heterocycles. The molecule has 1 aliphatic rings. The standard InChI is InChI=1S/C18H19ClN2S/c19-16-8-4-5-9-17(16)20-10-12-21(13-11-20)18(22)14-15-6-2-1-3-7-15/h1-9H,10-14H2. The van der Waals surface area contributed by atoms with E-state index in [1.807, 2.05) is 24.3 Å². The van der Waals surface area contributed by atoms with Crippen molar-refractivity contribution in [2.45, 2.75) is 6.42 Å². The summed E-state index contributed by atoms with van der Waals surface area (Å²) in [5.41, 5.74) is 2.40. The Balaban J connectivity index is 1.58. The molecule has 2 aromatic carbocycles. The molecule has 0 saturated carbocycles. The number of hydrogen-bond acceptors (Lipinski definition) is 2. The van der Waals surface area contributed by atoms with Gasteiger partial charge in [0.25, 0.3) is 0 Å². The van der Waals surface area contributed by atoms with E-state index in [-0.39, 0.29) is 0 Å². The van der Waals surface area contributed by atoms with Gasteiger partial charge >= 0.3 is 0 Å². The van der Waals surface area contributed by atoms with Crippen molar-refractivity contribution in [3.63, 3.8) is 0 Å². The van der Waals surface area contributed by atoms with Gasteiger partial charge in [0.05, 0.1) is 15.7 Å². The summed E-state index contributed by atoms with van der Waals surface area (Å²) < 4.78 is 0. The number of nitrogens with zero attached hydrogens (tertiary/aromatic N) is 2. The smallest absolute Gasteiger partial charge is 0.0824 e. The second-order valence-corrected chi connectivity index (χ2v) is 6.36. The zero-order chi connectivity index (χ0) is 15.4. The van der Waals surface area contributed by atoms with Gasteiger partial charge in [0.2, 0.25) is 0 Å². The van der Waals surface area contributed by atoms with Crippen LogP contribution < -0.4 is 4.90 Å². The van der Waals surface area contributed by atoms with E-state index >= 15 is 0 Å². The van der Waals surface area contributed by atoms with Crippen LogP contribution in [0.4, 0.5) is 5.69 Å². The average Bonchev–Trinajstić information content (AvgIpc) is 2.56. The molecule has 2 nitrogen and oxygen atoms in total. The first-order chi connectivity index (χ1) is 10.7. The van der Waals surface area contributed by atoms with Crippen molar-refractivity contribution in [3.8, 4) is 0 Å². The summed E-state index contributed by atoms with van der Waals surface area (Å²) in [5.74, 6) is 0. The molecule has 3 rings (SSSR count). The lowest BCUT2D eigenvalue weighted by Crippen LogP contribution is -2.48. The molecule has 0 aliphatic carbocycles. The van der Waals surface area contributed by atoms with E-state index < -0.39 is 0 Å². The van der Waals surface area contributed by atoms with E-state index in [1.165, 1.54) is 5.56 Å². The summed E-state index contributed by atoms with van der Waals surface area (Å²) in [5, 5.41) is 0.822. The zero-order valence-electron chi connectivity index (χ0n) is 12.4. The summed E-state index contributed by atoms with van der Waals surface area (Å²) in [4.78, 5) is 5.68. The Kier molecular flexibility index (Phi) is 4.96. The maximum Gasteiger partial charge on any atom is 0.0824 e. The number of piperazine rings is 1. The van der Waals surface area contributed by atoms with Crippen molar-refractivity contribution in [3.05, 3.63) is 65.2 Å². The zero-order valence-corrected chi connectivity index (χ0v) is 14.0. The molecule has 0 atom stereocenters. The quantitative estimate of drug-likeness (QED) is 0.784. The average molecular weight is 331 g/mol. The number of thiocarbonyl (C=S) groups is 1. The molecule has 0 amide bonds. The largest absolute Gasteiger partial charge is 0.367 e. The van der Waals surface area contributed by atoms with Crippen LogP contribution in [0.5, 0.6) is 0 Å². The number of benzene rings is 2. The third kappa shape index (κ3) is 3.60. The number of halogens is 1. The first-order valence-corrected chi connectivity index (χ1v) is 8.34. The highest BCUT2D eigenvalue weighted by molar-refractivity contribution is 7.80. The molecule has 0 N–H and O–H groups in total. The predicted octanol–water partition coefficient (Wildman–Crippen LogP) is 4.03. The fraction of sp³-hybridized carbons (Fsp3) is 0.278. The van der Waals surface area contributed by atoms with Crippen LogP contribution in [0.25, 0.3) is 0 Å². The fourth-order valence-electron chi connectivity index (χ4n) is 2.79. The number of anilines is 1. The first-order valence-electron chi connectivity index (χ1n) is 7.55.